The third kappa shape index (κ3) is 3.04. The van der Waals surface area contributed by atoms with Crippen LogP contribution < -0.4 is 5.32 Å². The lowest BCUT2D eigenvalue weighted by Crippen LogP contribution is -1.99. The Morgan fingerprint density at radius 2 is 2.00 bits per heavy atom. The van der Waals surface area contributed by atoms with Crippen molar-refractivity contribution >= 4 is 27.2 Å². The number of aromatic nitrogens is 1. The van der Waals surface area contributed by atoms with Gasteiger partial charge in [-0.2, -0.15) is 5.26 Å². The number of thiazole rings is 1. The van der Waals surface area contributed by atoms with E-state index in [1.54, 1.807) is 11.3 Å². The lowest BCUT2D eigenvalue weighted by Gasteiger charge is -2.04. The number of aryl methyl sites for hydroxylation is 1. The second-order valence-corrected chi connectivity index (χ2v) is 5.93. The number of rotatable bonds is 4. The van der Waals surface area contributed by atoms with Crippen molar-refractivity contribution in [2.24, 2.45) is 0 Å². The number of hydrogen-bond donors (Lipinski definition) is 1. The summed E-state index contributed by atoms with van der Waals surface area (Å²) in [4.78, 5) is 4.68. The first-order valence-corrected chi connectivity index (χ1v) is 7.66. The van der Waals surface area contributed by atoms with Crippen LogP contribution in [-0.4, -0.2) is 11.5 Å². The number of nitriles is 1. The largest absolute Gasteiger partial charge is 0.384 e. The topological polar surface area (TPSA) is 48.7 Å². The Hall–Kier alpha value is -2.38. The van der Waals surface area contributed by atoms with Gasteiger partial charge in [0.15, 0.2) is 0 Å². The zero-order valence-electron chi connectivity index (χ0n) is 11.8. The first-order valence-electron chi connectivity index (χ1n) is 6.85. The molecule has 104 valence electrons. The molecule has 2 aromatic carbocycles. The monoisotopic (exact) mass is 293 g/mol. The summed E-state index contributed by atoms with van der Waals surface area (Å²) < 4.78 is 1.22. The second-order valence-electron chi connectivity index (χ2n) is 4.90. The van der Waals surface area contributed by atoms with Crippen LogP contribution in [0, 0.1) is 18.3 Å². The Kier molecular flexibility index (Phi) is 3.85. The highest BCUT2D eigenvalue weighted by Crippen LogP contribution is 2.31. The summed E-state index contributed by atoms with van der Waals surface area (Å²) >= 11 is 1.72. The lowest BCUT2D eigenvalue weighted by molar-refractivity contribution is 1.08. The van der Waals surface area contributed by atoms with Crippen molar-refractivity contribution in [1.29, 1.82) is 5.26 Å². The molecule has 1 heterocycles. The molecular weight excluding hydrogens is 278 g/mol. The number of hydrogen-bond acceptors (Lipinski definition) is 4. The van der Waals surface area contributed by atoms with Gasteiger partial charge in [-0.1, -0.05) is 6.07 Å². The summed E-state index contributed by atoms with van der Waals surface area (Å²) in [6.45, 7) is 2.77. The van der Waals surface area contributed by atoms with Crippen LogP contribution in [0.15, 0.2) is 42.5 Å². The zero-order valence-corrected chi connectivity index (χ0v) is 12.6. The van der Waals surface area contributed by atoms with Gasteiger partial charge in [0.25, 0.3) is 0 Å². The van der Waals surface area contributed by atoms with Crippen molar-refractivity contribution in [1.82, 2.24) is 4.98 Å². The maximum absolute atomic E-state index is 8.53. The van der Waals surface area contributed by atoms with Crippen LogP contribution in [0.5, 0.6) is 0 Å². The number of fused-ring (bicyclic) bond motifs is 1. The van der Waals surface area contributed by atoms with Gasteiger partial charge in [-0.05, 0) is 48.9 Å². The van der Waals surface area contributed by atoms with Gasteiger partial charge in [-0.3, -0.25) is 0 Å². The van der Waals surface area contributed by atoms with Crippen molar-refractivity contribution in [2.45, 2.75) is 13.3 Å². The number of anilines is 1. The van der Waals surface area contributed by atoms with Crippen LogP contribution in [0.3, 0.4) is 0 Å². The Morgan fingerprint density at radius 1 is 1.19 bits per heavy atom. The van der Waals surface area contributed by atoms with Crippen LogP contribution in [-0.2, 0) is 0 Å². The van der Waals surface area contributed by atoms with E-state index in [4.69, 9.17) is 5.26 Å². The molecule has 0 aliphatic carbocycles. The van der Waals surface area contributed by atoms with Gasteiger partial charge in [-0.25, -0.2) is 4.98 Å². The minimum atomic E-state index is 0.513. The standard InChI is InChI=1S/C17H15N3S/c1-12-3-8-15-16(11-12)21-17(20-15)13-4-6-14(7-5-13)19-10-2-9-18/h3-8,11,19H,2,10H2,1H3. The third-order valence-corrected chi connectivity index (χ3v) is 4.31. The molecule has 3 aromatic rings. The predicted molar refractivity (Wildman–Crippen MR) is 88.5 cm³/mol. The predicted octanol–water partition coefficient (Wildman–Crippen LogP) is 4.60. The first-order chi connectivity index (χ1) is 10.3. The molecule has 0 saturated heterocycles. The molecule has 3 nitrogen and oxygen atoms in total. The smallest absolute Gasteiger partial charge is 0.124 e. The maximum Gasteiger partial charge on any atom is 0.124 e. The van der Waals surface area contributed by atoms with Crippen molar-refractivity contribution in [3.8, 4) is 16.6 Å². The van der Waals surface area contributed by atoms with Crippen LogP contribution >= 0.6 is 11.3 Å². The molecule has 0 spiro atoms. The van der Waals surface area contributed by atoms with Gasteiger partial charge in [0.2, 0.25) is 0 Å². The van der Waals surface area contributed by atoms with Crippen LogP contribution in [0.25, 0.3) is 20.8 Å². The van der Waals surface area contributed by atoms with Crippen LogP contribution in [0.4, 0.5) is 5.69 Å². The number of benzene rings is 2. The van der Waals surface area contributed by atoms with Gasteiger partial charge < -0.3 is 5.32 Å². The van der Waals surface area contributed by atoms with Gasteiger partial charge in [0.1, 0.15) is 5.01 Å². The molecule has 0 unspecified atom stereocenters. The van der Waals surface area contributed by atoms with Crippen LogP contribution in [0.2, 0.25) is 0 Å². The number of nitrogens with zero attached hydrogens (tertiary/aromatic N) is 2. The fraction of sp³-hybridized carbons (Fsp3) is 0.176. The highest BCUT2D eigenvalue weighted by molar-refractivity contribution is 7.21. The second kappa shape index (κ2) is 5.94. The Morgan fingerprint density at radius 3 is 2.76 bits per heavy atom. The zero-order chi connectivity index (χ0) is 14.7. The number of nitrogens with one attached hydrogen (secondary N) is 1. The fourth-order valence-electron chi connectivity index (χ4n) is 2.15. The van der Waals surface area contributed by atoms with E-state index in [2.05, 4.69) is 53.6 Å². The van der Waals surface area contributed by atoms with Gasteiger partial charge in [0.05, 0.1) is 22.7 Å². The normalized spacial score (nSPS) is 10.5. The molecule has 21 heavy (non-hydrogen) atoms. The molecule has 1 aromatic heterocycles. The summed E-state index contributed by atoms with van der Waals surface area (Å²) in [5.41, 5.74) is 4.47. The summed E-state index contributed by atoms with van der Waals surface area (Å²) in [5, 5.41) is 12.8. The van der Waals surface area contributed by atoms with Crippen molar-refractivity contribution in [2.75, 3.05) is 11.9 Å². The highest BCUT2D eigenvalue weighted by atomic mass is 32.1. The summed E-state index contributed by atoms with van der Waals surface area (Å²) in [6.07, 6.45) is 0.513. The van der Waals surface area contributed by atoms with Crippen molar-refractivity contribution < 1.29 is 0 Å². The molecule has 0 amide bonds. The van der Waals surface area contributed by atoms with E-state index >= 15 is 0 Å². The van der Waals surface area contributed by atoms with E-state index in [0.717, 1.165) is 21.8 Å². The van der Waals surface area contributed by atoms with Gasteiger partial charge in [-0.15, -0.1) is 11.3 Å². The average Bonchev–Trinajstić information content (AvgIpc) is 2.91. The molecule has 0 fully saturated rings. The molecule has 0 atom stereocenters. The lowest BCUT2D eigenvalue weighted by atomic mass is 10.2. The molecule has 4 heteroatoms. The molecule has 0 aliphatic rings. The molecule has 0 bridgehead atoms. The Labute approximate surface area is 127 Å². The quantitative estimate of drug-likeness (QED) is 0.715. The van der Waals surface area contributed by atoms with Crippen molar-refractivity contribution in [3.63, 3.8) is 0 Å². The third-order valence-electron chi connectivity index (χ3n) is 3.24. The average molecular weight is 293 g/mol. The minimum Gasteiger partial charge on any atom is -0.384 e. The van der Waals surface area contributed by atoms with E-state index in [-0.39, 0.29) is 0 Å². The van der Waals surface area contributed by atoms with Crippen molar-refractivity contribution in [3.05, 3.63) is 48.0 Å². The fourth-order valence-corrected chi connectivity index (χ4v) is 3.22. The highest BCUT2D eigenvalue weighted by Gasteiger charge is 2.06. The van der Waals surface area contributed by atoms with E-state index < -0.39 is 0 Å². The maximum atomic E-state index is 8.53. The van der Waals surface area contributed by atoms with E-state index in [0.29, 0.717) is 13.0 Å². The van der Waals surface area contributed by atoms with E-state index in [1.165, 1.54) is 10.3 Å². The Bertz CT molecular complexity index is 797. The minimum absolute atomic E-state index is 0.513. The van der Waals surface area contributed by atoms with Gasteiger partial charge >= 0.3 is 0 Å². The molecule has 0 radical (unpaired) electrons. The molecule has 0 saturated carbocycles. The molecule has 0 aliphatic heterocycles. The van der Waals surface area contributed by atoms with Gasteiger partial charge in [0, 0.05) is 17.8 Å². The van der Waals surface area contributed by atoms with Crippen LogP contribution in [0.1, 0.15) is 12.0 Å². The summed E-state index contributed by atoms with van der Waals surface area (Å²) in [7, 11) is 0. The first kappa shape index (κ1) is 13.6. The Balaban J connectivity index is 1.83. The SMILES string of the molecule is Cc1ccc2nc(-c3ccc(NCCC#N)cc3)sc2c1. The molecule has 1 N–H and O–H groups in total. The molecular formula is C17H15N3S. The molecule has 3 rings (SSSR count). The summed E-state index contributed by atoms with van der Waals surface area (Å²) in [5.74, 6) is 0. The van der Waals surface area contributed by atoms with E-state index in [9.17, 15) is 0 Å². The van der Waals surface area contributed by atoms with E-state index in [1.807, 2.05) is 12.1 Å². The summed E-state index contributed by atoms with van der Waals surface area (Å²) in [6, 6.07) is 16.7.